The molecule has 0 radical (unpaired) electrons. The van der Waals surface area contributed by atoms with E-state index < -0.39 is 5.97 Å². The number of anilines is 1. The Balaban J connectivity index is 2.50. The van der Waals surface area contributed by atoms with Crippen molar-refractivity contribution in [2.75, 3.05) is 11.9 Å². The van der Waals surface area contributed by atoms with Crippen molar-refractivity contribution in [3.63, 3.8) is 0 Å². The number of esters is 1. The summed E-state index contributed by atoms with van der Waals surface area (Å²) in [6.07, 6.45) is 2.41. The van der Waals surface area contributed by atoms with E-state index in [9.17, 15) is 14.4 Å². The quantitative estimate of drug-likeness (QED) is 0.669. The molecule has 96 valence electrons. The number of hydrogen-bond donors (Lipinski definition) is 1. The molecule has 18 heavy (non-hydrogen) atoms. The maximum atomic E-state index is 11.9. The zero-order valence-corrected chi connectivity index (χ0v) is 10.8. The van der Waals surface area contributed by atoms with Crippen molar-refractivity contribution in [2.24, 2.45) is 0 Å². The SMILES string of the molecule is CCOC(=O)c1c(NC=O)sc2c1CCCC2=O. The van der Waals surface area contributed by atoms with Gasteiger partial charge in [-0.15, -0.1) is 11.3 Å². The maximum absolute atomic E-state index is 11.9. The average Bonchev–Trinajstić information content (AvgIpc) is 2.70. The van der Waals surface area contributed by atoms with Crippen LogP contribution in [0.4, 0.5) is 5.00 Å². The van der Waals surface area contributed by atoms with E-state index in [1.165, 1.54) is 0 Å². The number of rotatable bonds is 4. The van der Waals surface area contributed by atoms with Crippen LogP contribution in [-0.4, -0.2) is 24.8 Å². The van der Waals surface area contributed by atoms with Crippen LogP contribution in [0.5, 0.6) is 0 Å². The van der Waals surface area contributed by atoms with Gasteiger partial charge in [0.1, 0.15) is 5.00 Å². The van der Waals surface area contributed by atoms with Crippen LogP contribution in [0.25, 0.3) is 0 Å². The summed E-state index contributed by atoms with van der Waals surface area (Å²) in [6.45, 7) is 1.98. The Morgan fingerprint density at radius 1 is 1.50 bits per heavy atom. The highest BCUT2D eigenvalue weighted by molar-refractivity contribution is 7.18. The number of amides is 1. The molecule has 1 amide bonds. The van der Waals surface area contributed by atoms with Gasteiger partial charge >= 0.3 is 5.97 Å². The van der Waals surface area contributed by atoms with Gasteiger partial charge in [-0.2, -0.15) is 0 Å². The van der Waals surface area contributed by atoms with E-state index in [-0.39, 0.29) is 12.4 Å². The molecule has 6 heteroatoms. The number of fused-ring (bicyclic) bond motifs is 1. The van der Waals surface area contributed by atoms with E-state index in [0.29, 0.717) is 34.7 Å². The first kappa shape index (κ1) is 12.8. The summed E-state index contributed by atoms with van der Waals surface area (Å²) in [5.41, 5.74) is 1.07. The van der Waals surface area contributed by atoms with Crippen molar-refractivity contribution in [2.45, 2.75) is 26.2 Å². The second kappa shape index (κ2) is 5.30. The zero-order valence-electron chi connectivity index (χ0n) is 9.95. The molecule has 1 aromatic rings. The minimum Gasteiger partial charge on any atom is -0.462 e. The van der Waals surface area contributed by atoms with Gasteiger partial charge in [0, 0.05) is 6.42 Å². The van der Waals surface area contributed by atoms with Crippen LogP contribution >= 0.6 is 11.3 Å². The second-order valence-electron chi connectivity index (χ2n) is 3.87. The molecule has 2 rings (SSSR count). The number of hydrogen-bond acceptors (Lipinski definition) is 5. The monoisotopic (exact) mass is 267 g/mol. The summed E-state index contributed by atoms with van der Waals surface area (Å²) in [4.78, 5) is 34.8. The number of carbonyl (C=O) groups excluding carboxylic acids is 3. The van der Waals surface area contributed by atoms with E-state index in [1.807, 2.05) is 0 Å². The first-order valence-electron chi connectivity index (χ1n) is 5.75. The fourth-order valence-corrected chi connectivity index (χ4v) is 3.21. The molecule has 0 aromatic carbocycles. The van der Waals surface area contributed by atoms with Crippen molar-refractivity contribution < 1.29 is 19.1 Å². The third-order valence-electron chi connectivity index (χ3n) is 2.76. The molecular formula is C12H13NO4S. The highest BCUT2D eigenvalue weighted by Crippen LogP contribution is 2.38. The summed E-state index contributed by atoms with van der Waals surface area (Å²) >= 11 is 1.16. The van der Waals surface area contributed by atoms with Gasteiger partial charge in [0.15, 0.2) is 5.78 Å². The second-order valence-corrected chi connectivity index (χ2v) is 4.89. The molecule has 0 unspecified atom stereocenters. The lowest BCUT2D eigenvalue weighted by Gasteiger charge is -2.11. The number of nitrogens with one attached hydrogen (secondary N) is 1. The maximum Gasteiger partial charge on any atom is 0.341 e. The number of ether oxygens (including phenoxy) is 1. The van der Waals surface area contributed by atoms with E-state index in [0.717, 1.165) is 23.3 Å². The molecule has 1 aliphatic rings. The molecule has 0 saturated carbocycles. The van der Waals surface area contributed by atoms with Crippen molar-refractivity contribution in [1.29, 1.82) is 0 Å². The zero-order chi connectivity index (χ0) is 13.1. The lowest BCUT2D eigenvalue weighted by atomic mass is 9.94. The normalized spacial score (nSPS) is 13.9. The predicted molar refractivity (Wildman–Crippen MR) is 67.2 cm³/mol. The smallest absolute Gasteiger partial charge is 0.341 e. The number of ketones is 1. The Bertz CT molecular complexity index is 506. The molecule has 1 N–H and O–H groups in total. The third-order valence-corrected chi connectivity index (χ3v) is 3.96. The van der Waals surface area contributed by atoms with Gasteiger partial charge in [-0.3, -0.25) is 9.59 Å². The van der Waals surface area contributed by atoms with Gasteiger partial charge in [-0.1, -0.05) is 0 Å². The van der Waals surface area contributed by atoms with Gasteiger partial charge in [0.2, 0.25) is 6.41 Å². The average molecular weight is 267 g/mol. The lowest BCUT2D eigenvalue weighted by Crippen LogP contribution is -2.13. The van der Waals surface area contributed by atoms with Crippen LogP contribution < -0.4 is 5.32 Å². The number of thiophene rings is 1. The van der Waals surface area contributed by atoms with E-state index >= 15 is 0 Å². The van der Waals surface area contributed by atoms with Crippen molar-refractivity contribution in [3.8, 4) is 0 Å². The molecule has 5 nitrogen and oxygen atoms in total. The Labute approximate surface area is 108 Å². The molecule has 0 saturated heterocycles. The first-order chi connectivity index (χ1) is 8.69. The topological polar surface area (TPSA) is 72.5 Å². The fourth-order valence-electron chi connectivity index (χ4n) is 2.04. The van der Waals surface area contributed by atoms with Crippen LogP contribution in [0.1, 0.15) is 45.4 Å². The summed E-state index contributed by atoms with van der Waals surface area (Å²) in [6, 6.07) is 0. The molecular weight excluding hydrogens is 254 g/mol. The minimum atomic E-state index is -0.478. The first-order valence-corrected chi connectivity index (χ1v) is 6.56. The lowest BCUT2D eigenvalue weighted by molar-refractivity contribution is -0.105. The molecule has 0 spiro atoms. The molecule has 0 atom stereocenters. The van der Waals surface area contributed by atoms with Crippen molar-refractivity contribution >= 4 is 34.5 Å². The molecule has 0 bridgehead atoms. The highest BCUT2D eigenvalue weighted by atomic mass is 32.1. The van der Waals surface area contributed by atoms with Crippen molar-refractivity contribution in [1.82, 2.24) is 0 Å². The van der Waals surface area contributed by atoms with Crippen molar-refractivity contribution in [3.05, 3.63) is 16.0 Å². The highest BCUT2D eigenvalue weighted by Gasteiger charge is 2.29. The van der Waals surface area contributed by atoms with Crippen LogP contribution in [0.15, 0.2) is 0 Å². The van der Waals surface area contributed by atoms with E-state index in [2.05, 4.69) is 5.32 Å². The molecule has 0 aliphatic heterocycles. The Hall–Kier alpha value is -1.69. The standard InChI is InChI=1S/C12H13NO4S/c1-2-17-12(16)9-7-4-3-5-8(15)10(7)18-11(9)13-6-14/h6H,2-5H2,1H3,(H,13,14). The Kier molecular flexibility index (Phi) is 3.76. The Morgan fingerprint density at radius 3 is 2.94 bits per heavy atom. The van der Waals surface area contributed by atoms with Crippen LogP contribution in [-0.2, 0) is 16.0 Å². The molecule has 0 fully saturated rings. The summed E-state index contributed by atoms with van der Waals surface area (Å²) in [7, 11) is 0. The fraction of sp³-hybridized carbons (Fsp3) is 0.417. The molecule has 1 aromatic heterocycles. The van der Waals surface area contributed by atoms with Crippen LogP contribution in [0, 0.1) is 0 Å². The van der Waals surface area contributed by atoms with Crippen LogP contribution in [0.3, 0.4) is 0 Å². The van der Waals surface area contributed by atoms with Gasteiger partial charge in [0.05, 0.1) is 17.0 Å². The molecule has 1 heterocycles. The van der Waals surface area contributed by atoms with Gasteiger partial charge in [0.25, 0.3) is 0 Å². The molecule has 1 aliphatic carbocycles. The number of Topliss-reactive ketones (excluding diaryl/α,β-unsaturated/α-hetero) is 1. The van der Waals surface area contributed by atoms with Gasteiger partial charge in [-0.05, 0) is 25.3 Å². The van der Waals surface area contributed by atoms with Crippen LogP contribution in [0.2, 0.25) is 0 Å². The van der Waals surface area contributed by atoms with Gasteiger partial charge < -0.3 is 10.1 Å². The summed E-state index contributed by atoms with van der Waals surface area (Å²) in [5, 5.41) is 2.88. The van der Waals surface area contributed by atoms with Gasteiger partial charge in [-0.25, -0.2) is 4.79 Å². The third kappa shape index (κ3) is 2.15. The number of carbonyl (C=O) groups is 3. The Morgan fingerprint density at radius 2 is 2.28 bits per heavy atom. The predicted octanol–water partition coefficient (Wildman–Crippen LogP) is 2.01. The largest absolute Gasteiger partial charge is 0.462 e. The van der Waals surface area contributed by atoms with E-state index in [1.54, 1.807) is 6.92 Å². The van der Waals surface area contributed by atoms with E-state index in [4.69, 9.17) is 4.74 Å². The minimum absolute atomic E-state index is 0.0331. The summed E-state index contributed by atoms with van der Waals surface area (Å²) < 4.78 is 4.98. The summed E-state index contributed by atoms with van der Waals surface area (Å²) in [5.74, 6) is -0.445.